The van der Waals surface area contributed by atoms with Gasteiger partial charge < -0.3 is 14.5 Å². The summed E-state index contributed by atoms with van der Waals surface area (Å²) >= 11 is 0. The Balaban J connectivity index is 1.94. The predicted molar refractivity (Wildman–Crippen MR) is 108 cm³/mol. The van der Waals surface area contributed by atoms with Gasteiger partial charge in [-0.25, -0.2) is 8.42 Å². The molecule has 156 valence electrons. The van der Waals surface area contributed by atoms with E-state index in [1.165, 1.54) is 0 Å². The second kappa shape index (κ2) is 8.39. The van der Waals surface area contributed by atoms with Crippen LogP contribution in [0.25, 0.3) is 0 Å². The second-order valence-corrected chi connectivity index (χ2v) is 10.2. The Kier molecular flexibility index (Phi) is 6.31. The minimum absolute atomic E-state index is 0.0696. The number of hydrogen-bond donors (Lipinski definition) is 0. The maximum Gasteiger partial charge on any atom is 0.247 e. The highest BCUT2D eigenvalue weighted by Crippen LogP contribution is 2.36. The molecule has 8 heteroatoms. The second-order valence-electron chi connectivity index (χ2n) is 8.33. The molecule has 1 aromatic carbocycles. The molecule has 28 heavy (non-hydrogen) atoms. The van der Waals surface area contributed by atoms with Crippen molar-refractivity contribution in [3.63, 3.8) is 0 Å². The summed E-state index contributed by atoms with van der Waals surface area (Å²) < 4.78 is 34.7. The molecule has 1 fully saturated rings. The molecule has 0 bridgehead atoms. The molecule has 7 nitrogen and oxygen atoms in total. The van der Waals surface area contributed by atoms with Crippen LogP contribution in [0.2, 0.25) is 0 Å². The number of ether oxygens (including phenoxy) is 1. The molecule has 0 radical (unpaired) electrons. The van der Waals surface area contributed by atoms with Crippen molar-refractivity contribution in [2.24, 2.45) is 5.92 Å². The molecule has 3 rings (SSSR count). The summed E-state index contributed by atoms with van der Waals surface area (Å²) in [6.07, 6.45) is 0.917. The van der Waals surface area contributed by atoms with Gasteiger partial charge in [-0.05, 0) is 38.6 Å². The number of amides is 1. The molecule has 2 aliphatic heterocycles. The maximum absolute atomic E-state index is 13.4. The number of hydrogen-bond acceptors (Lipinski definition) is 5. The van der Waals surface area contributed by atoms with E-state index in [2.05, 4.69) is 0 Å². The van der Waals surface area contributed by atoms with Crippen LogP contribution in [0.5, 0.6) is 5.75 Å². The van der Waals surface area contributed by atoms with Crippen LogP contribution in [0.15, 0.2) is 29.2 Å². The molecular formula is C20H31N3O4S. The van der Waals surface area contributed by atoms with Crippen molar-refractivity contribution in [1.82, 2.24) is 14.1 Å². The smallest absolute Gasteiger partial charge is 0.247 e. The Morgan fingerprint density at radius 2 is 1.89 bits per heavy atom. The van der Waals surface area contributed by atoms with Crippen LogP contribution in [0, 0.1) is 5.92 Å². The van der Waals surface area contributed by atoms with Gasteiger partial charge in [0, 0.05) is 26.1 Å². The van der Waals surface area contributed by atoms with Crippen LogP contribution in [0.4, 0.5) is 0 Å². The summed E-state index contributed by atoms with van der Waals surface area (Å²) in [5.74, 6) is 0.673. The van der Waals surface area contributed by atoms with Gasteiger partial charge in [-0.3, -0.25) is 4.79 Å². The van der Waals surface area contributed by atoms with Crippen molar-refractivity contribution in [3.8, 4) is 5.75 Å². The number of carbonyl (C=O) groups excluding carboxylic acids is 1. The van der Waals surface area contributed by atoms with Crippen molar-refractivity contribution in [2.75, 3.05) is 40.3 Å². The number of fused-ring (bicyclic) bond motifs is 2. The van der Waals surface area contributed by atoms with Gasteiger partial charge in [0.15, 0.2) is 0 Å². The topological polar surface area (TPSA) is 70.2 Å². The SMILES string of the molecule is CC(C)CN1[C@@H]2CCN(C(=O)CN(C)C)CC[C@H]2Oc2ccccc2S1(=O)=O. The molecule has 2 heterocycles. The van der Waals surface area contributed by atoms with Crippen LogP contribution in [0.3, 0.4) is 0 Å². The highest BCUT2D eigenvalue weighted by atomic mass is 32.2. The van der Waals surface area contributed by atoms with Gasteiger partial charge in [0.25, 0.3) is 0 Å². The summed E-state index contributed by atoms with van der Waals surface area (Å²) in [7, 11) is 0.0823. The molecule has 0 N–H and O–H groups in total. The third kappa shape index (κ3) is 4.34. The standard InChI is InChI=1S/C20H31N3O4S/c1-15(2)13-23-16-9-11-22(20(24)14-21(3)4)12-10-17(16)27-18-7-5-6-8-19(18)28(23,25)26/h5-8,15-17H,9-14H2,1-4H3/t16-,17-/m1/s1. The lowest BCUT2D eigenvalue weighted by Crippen LogP contribution is -2.48. The lowest BCUT2D eigenvalue weighted by atomic mass is 10.0. The fourth-order valence-electron chi connectivity index (χ4n) is 3.97. The van der Waals surface area contributed by atoms with Crippen LogP contribution in [-0.4, -0.2) is 80.9 Å². The highest BCUT2D eigenvalue weighted by molar-refractivity contribution is 7.89. The molecule has 1 aromatic rings. The molecule has 0 aliphatic carbocycles. The number of carbonyl (C=O) groups is 1. The summed E-state index contributed by atoms with van der Waals surface area (Å²) in [6.45, 7) is 5.95. The van der Waals surface area contributed by atoms with Gasteiger partial charge in [0.05, 0.1) is 12.6 Å². The van der Waals surface area contributed by atoms with E-state index in [9.17, 15) is 13.2 Å². The van der Waals surface area contributed by atoms with E-state index < -0.39 is 10.0 Å². The van der Waals surface area contributed by atoms with E-state index in [1.807, 2.05) is 37.7 Å². The number of likely N-dealkylation sites (N-methyl/N-ethyl adjacent to an activating group) is 1. The predicted octanol–water partition coefficient (Wildman–Crippen LogP) is 1.65. The van der Waals surface area contributed by atoms with E-state index in [0.29, 0.717) is 44.8 Å². The van der Waals surface area contributed by atoms with Gasteiger partial charge in [0.2, 0.25) is 15.9 Å². The average molecular weight is 410 g/mol. The van der Waals surface area contributed by atoms with Crippen LogP contribution in [-0.2, 0) is 14.8 Å². The zero-order valence-electron chi connectivity index (χ0n) is 17.2. The molecule has 0 unspecified atom stereocenters. The van der Waals surface area contributed by atoms with Crippen LogP contribution < -0.4 is 4.74 Å². The Morgan fingerprint density at radius 3 is 2.57 bits per heavy atom. The Bertz CT molecular complexity index is 809. The van der Waals surface area contributed by atoms with Crippen molar-refractivity contribution in [3.05, 3.63) is 24.3 Å². The Morgan fingerprint density at radius 1 is 1.21 bits per heavy atom. The number of para-hydroxylation sites is 1. The lowest BCUT2D eigenvalue weighted by molar-refractivity contribution is -0.131. The first-order valence-electron chi connectivity index (χ1n) is 9.90. The summed E-state index contributed by atoms with van der Waals surface area (Å²) in [5.41, 5.74) is 0. The first-order valence-corrected chi connectivity index (χ1v) is 11.3. The molecule has 0 spiro atoms. The van der Waals surface area contributed by atoms with Crippen molar-refractivity contribution in [1.29, 1.82) is 0 Å². The highest BCUT2D eigenvalue weighted by Gasteiger charge is 2.43. The van der Waals surface area contributed by atoms with Crippen molar-refractivity contribution < 1.29 is 17.9 Å². The van der Waals surface area contributed by atoms with E-state index >= 15 is 0 Å². The van der Waals surface area contributed by atoms with Crippen molar-refractivity contribution >= 4 is 15.9 Å². The minimum atomic E-state index is -3.66. The lowest BCUT2D eigenvalue weighted by Gasteiger charge is -2.32. The van der Waals surface area contributed by atoms with E-state index in [0.717, 1.165) is 0 Å². The van der Waals surface area contributed by atoms with E-state index in [4.69, 9.17) is 4.74 Å². The zero-order valence-corrected chi connectivity index (χ0v) is 18.0. The van der Waals surface area contributed by atoms with Crippen LogP contribution in [0.1, 0.15) is 26.7 Å². The fraction of sp³-hybridized carbons (Fsp3) is 0.650. The zero-order chi connectivity index (χ0) is 20.5. The van der Waals surface area contributed by atoms with Gasteiger partial charge in [-0.1, -0.05) is 26.0 Å². The molecular weight excluding hydrogens is 378 g/mol. The number of benzene rings is 1. The normalized spacial score (nSPS) is 24.9. The first-order chi connectivity index (χ1) is 13.2. The Labute approximate surface area is 168 Å². The number of likely N-dealkylation sites (tertiary alicyclic amines) is 1. The third-order valence-electron chi connectivity index (χ3n) is 5.24. The molecule has 2 aliphatic rings. The number of sulfonamides is 1. The summed E-state index contributed by atoms with van der Waals surface area (Å²) in [4.78, 5) is 16.5. The average Bonchev–Trinajstić information content (AvgIpc) is 2.85. The molecule has 0 aromatic heterocycles. The van der Waals surface area contributed by atoms with Gasteiger partial charge in [-0.15, -0.1) is 0 Å². The molecule has 0 saturated carbocycles. The maximum atomic E-state index is 13.4. The molecule has 2 atom stereocenters. The number of rotatable bonds is 4. The van der Waals surface area contributed by atoms with E-state index in [1.54, 1.807) is 28.6 Å². The summed E-state index contributed by atoms with van der Waals surface area (Å²) in [6, 6.07) is 6.59. The molecule has 1 amide bonds. The largest absolute Gasteiger partial charge is 0.487 e. The van der Waals surface area contributed by atoms with Gasteiger partial charge >= 0.3 is 0 Å². The molecule has 1 saturated heterocycles. The third-order valence-corrected chi connectivity index (χ3v) is 7.17. The fourth-order valence-corrected chi connectivity index (χ4v) is 5.94. The van der Waals surface area contributed by atoms with Crippen molar-refractivity contribution in [2.45, 2.75) is 43.7 Å². The van der Waals surface area contributed by atoms with Gasteiger partial charge in [0.1, 0.15) is 16.7 Å². The summed E-state index contributed by atoms with van der Waals surface area (Å²) in [5, 5.41) is 0. The van der Waals surface area contributed by atoms with Gasteiger partial charge in [-0.2, -0.15) is 4.31 Å². The minimum Gasteiger partial charge on any atom is -0.487 e. The quantitative estimate of drug-likeness (QED) is 0.756. The first kappa shape index (κ1) is 21.1. The Hall–Kier alpha value is -1.64. The van der Waals surface area contributed by atoms with Crippen LogP contribution >= 0.6 is 0 Å². The number of nitrogens with zero attached hydrogens (tertiary/aromatic N) is 3. The van der Waals surface area contributed by atoms with E-state index in [-0.39, 0.29) is 28.9 Å². The monoisotopic (exact) mass is 409 g/mol.